The first-order valence-corrected chi connectivity index (χ1v) is 20.8. The fraction of sp³-hybridized carbons (Fsp3) is 0.780. The molecule has 330 valence electrons. The third-order valence-electron chi connectivity index (χ3n) is 12.5. The Kier molecular flexibility index (Phi) is 14.9. The Hall–Kier alpha value is -3.68. The number of halogens is 1. The van der Waals surface area contributed by atoms with Crippen molar-refractivity contribution in [1.29, 1.82) is 0 Å². The topological polar surface area (TPSA) is 193 Å². The molecule has 3 aliphatic rings. The number of alkyl halides is 1. The van der Waals surface area contributed by atoms with Gasteiger partial charge in [-0.05, 0) is 105 Å². The smallest absolute Gasteiger partial charge is 0.410 e. The van der Waals surface area contributed by atoms with E-state index in [1.807, 2.05) is 39.8 Å². The van der Waals surface area contributed by atoms with Crippen LogP contribution in [0.2, 0.25) is 0 Å². The third kappa shape index (κ3) is 9.94. The molecule has 5 heterocycles. The van der Waals surface area contributed by atoms with Crippen LogP contribution >= 0.6 is 0 Å². The highest BCUT2D eigenvalue weighted by Crippen LogP contribution is 2.41. The van der Waals surface area contributed by atoms with E-state index in [1.165, 1.54) is 14.0 Å². The van der Waals surface area contributed by atoms with Crippen LogP contribution in [0, 0.1) is 11.8 Å². The van der Waals surface area contributed by atoms with Gasteiger partial charge in [0.05, 0.1) is 30.0 Å². The van der Waals surface area contributed by atoms with E-state index in [-0.39, 0.29) is 24.5 Å². The van der Waals surface area contributed by atoms with Crippen LogP contribution in [0.15, 0.2) is 24.5 Å². The third-order valence-corrected chi connectivity index (χ3v) is 12.5. The highest BCUT2D eigenvalue weighted by Gasteiger charge is 2.60. The number of unbranched alkanes of at least 4 members (excludes halogenated alkanes) is 1. The van der Waals surface area contributed by atoms with Crippen molar-refractivity contribution < 1.29 is 47.6 Å². The summed E-state index contributed by atoms with van der Waals surface area (Å²) in [5.41, 5.74) is -4.57. The van der Waals surface area contributed by atoms with E-state index in [0.717, 1.165) is 6.92 Å². The molecular formula is C41H65FN8O9. The van der Waals surface area contributed by atoms with Gasteiger partial charge >= 0.3 is 12.1 Å². The lowest BCUT2D eigenvalue weighted by atomic mass is 9.78. The zero-order valence-electron chi connectivity index (χ0n) is 36.5. The quantitative estimate of drug-likeness (QED) is 0.190. The predicted molar refractivity (Wildman–Crippen MR) is 213 cm³/mol. The number of methoxy groups -OCH3 is 1. The Labute approximate surface area is 347 Å². The summed E-state index contributed by atoms with van der Waals surface area (Å²) in [6.45, 7) is 14.7. The molecule has 2 N–H and O–H groups in total. The lowest BCUT2D eigenvalue weighted by Gasteiger charge is -2.47. The van der Waals surface area contributed by atoms with Crippen LogP contribution in [0.5, 0.6) is 0 Å². The number of esters is 1. The molecule has 13 atom stereocenters. The van der Waals surface area contributed by atoms with Gasteiger partial charge in [0.15, 0.2) is 17.7 Å². The van der Waals surface area contributed by atoms with E-state index < -0.39 is 77.3 Å². The largest absolute Gasteiger partial charge is 0.455 e. The number of aliphatic hydroxyl groups is 1. The molecule has 0 spiro atoms. The molecule has 3 saturated heterocycles. The Balaban J connectivity index is 1.41. The number of aliphatic hydroxyl groups excluding tert-OH is 1. The second-order valence-corrected chi connectivity index (χ2v) is 17.5. The zero-order chi connectivity index (χ0) is 43.4. The number of amides is 1. The second kappa shape index (κ2) is 18.9. The molecule has 0 aromatic carbocycles. The first-order chi connectivity index (χ1) is 27.8. The van der Waals surface area contributed by atoms with Crippen molar-refractivity contribution in [2.45, 2.75) is 160 Å². The summed E-state index contributed by atoms with van der Waals surface area (Å²) in [5, 5.41) is 31.4. The molecule has 2 aromatic rings. The molecule has 59 heavy (non-hydrogen) atoms. The van der Waals surface area contributed by atoms with Crippen molar-refractivity contribution in [3.05, 3.63) is 24.5 Å². The van der Waals surface area contributed by atoms with E-state index >= 15 is 4.39 Å². The highest BCUT2D eigenvalue weighted by molar-refractivity contribution is 6.07. The maximum atomic E-state index is 16.9. The Bertz CT molecular complexity index is 1740. The number of carbonyl (C=O) groups excluding carboxylic acids is 3. The first kappa shape index (κ1) is 46.4. The molecule has 17 nitrogen and oxygen atoms in total. The van der Waals surface area contributed by atoms with Gasteiger partial charge in [0.2, 0.25) is 0 Å². The van der Waals surface area contributed by atoms with Crippen molar-refractivity contribution in [2.24, 2.45) is 11.8 Å². The molecule has 3 fully saturated rings. The number of hydrogen-bond acceptors (Lipinski definition) is 15. The van der Waals surface area contributed by atoms with Crippen molar-refractivity contribution >= 4 is 17.8 Å². The summed E-state index contributed by atoms with van der Waals surface area (Å²) in [6, 6.07) is 2.22. The number of rotatable bonds is 11. The highest BCUT2D eigenvalue weighted by atomic mass is 19.1. The number of likely N-dealkylation sites (N-methyl/N-ethyl adjacent to an activating group) is 1. The molecule has 0 aliphatic carbocycles. The lowest BCUT2D eigenvalue weighted by Crippen LogP contribution is -2.61. The average molecular weight is 833 g/mol. The van der Waals surface area contributed by atoms with E-state index in [2.05, 4.69) is 25.8 Å². The Morgan fingerprint density at radius 3 is 2.42 bits per heavy atom. The lowest BCUT2D eigenvalue weighted by molar-refractivity contribution is -0.295. The summed E-state index contributed by atoms with van der Waals surface area (Å²) in [4.78, 5) is 45.6. The van der Waals surface area contributed by atoms with E-state index in [0.29, 0.717) is 56.7 Å². The number of ketones is 1. The number of hydrogen-bond donors (Lipinski definition) is 2. The first-order valence-electron chi connectivity index (χ1n) is 20.8. The van der Waals surface area contributed by atoms with Gasteiger partial charge in [0.25, 0.3) is 5.67 Å². The molecule has 0 radical (unpaired) electrons. The zero-order valence-corrected chi connectivity index (χ0v) is 36.5. The minimum Gasteiger partial charge on any atom is -0.455 e. The summed E-state index contributed by atoms with van der Waals surface area (Å²) in [5.74, 6) is -3.86. The molecule has 2 aromatic heterocycles. The van der Waals surface area contributed by atoms with Crippen molar-refractivity contribution in [3.8, 4) is 11.4 Å². The van der Waals surface area contributed by atoms with E-state index in [9.17, 15) is 19.5 Å². The van der Waals surface area contributed by atoms with Crippen LogP contribution in [0.3, 0.4) is 0 Å². The maximum absolute atomic E-state index is 16.9. The van der Waals surface area contributed by atoms with Crippen molar-refractivity contribution in [2.75, 3.05) is 34.3 Å². The number of ether oxygens (including phenoxy) is 5. The minimum atomic E-state index is -3.13. The summed E-state index contributed by atoms with van der Waals surface area (Å²) >= 11 is 0. The van der Waals surface area contributed by atoms with Gasteiger partial charge in [0.1, 0.15) is 23.6 Å². The fourth-order valence-electron chi connectivity index (χ4n) is 9.18. The van der Waals surface area contributed by atoms with E-state index in [4.69, 9.17) is 23.7 Å². The monoisotopic (exact) mass is 832 g/mol. The van der Waals surface area contributed by atoms with Gasteiger partial charge in [-0.2, -0.15) is 5.10 Å². The predicted octanol–water partition coefficient (Wildman–Crippen LogP) is 3.58. The van der Waals surface area contributed by atoms with Crippen molar-refractivity contribution in [1.82, 2.24) is 40.3 Å². The van der Waals surface area contributed by atoms with Gasteiger partial charge < -0.3 is 39.0 Å². The van der Waals surface area contributed by atoms with Gasteiger partial charge in [-0.3, -0.25) is 14.4 Å². The maximum Gasteiger partial charge on any atom is 0.410 e. The van der Waals surface area contributed by atoms with Crippen LogP contribution in [0.1, 0.15) is 87.5 Å². The standard InChI is InChI=1S/C41H65FN8O9/c1-12-31-41(8)33(50(38(54)59-41)19-14-13-18-49-23-29(46-47-49)28-16-15-17-44-45-28)27(5)43-22-24(2)21-39(6,55-11)35(26(4)34(52)40(7,42)37(53)57-31)58-36-32(51)30(48(9)10)20-25(3)56-36/h15-17,23-27,30-33,35-36,43,51H,12-14,18-22H2,1-11H3/t24-,25?,26+,27-,30?,31-,32?,33-,35-,36+,39-,40?,41-/m1/s1. The summed E-state index contributed by atoms with van der Waals surface area (Å²) in [7, 11) is 5.20. The normalized spacial score (nSPS) is 37.7. The number of carbonyl (C=O) groups is 3. The molecule has 0 saturated carbocycles. The molecule has 4 unspecified atom stereocenters. The molecular weight excluding hydrogens is 767 g/mol. The summed E-state index contributed by atoms with van der Waals surface area (Å²) < 4.78 is 49.5. The van der Waals surface area contributed by atoms with Gasteiger partial charge in [-0.25, -0.2) is 14.0 Å². The van der Waals surface area contributed by atoms with Crippen LogP contribution in [0.25, 0.3) is 11.4 Å². The number of aromatic nitrogens is 5. The van der Waals surface area contributed by atoms with E-state index in [1.54, 1.807) is 54.9 Å². The molecule has 3 aliphatic heterocycles. The SMILES string of the molecule is CC[C@H]1OC(=O)C(C)(F)C(=O)[C@H](C)[C@@H](O[C@@H]2OC(C)CC(N(C)C)C2O)[C@](C)(OC)C[C@@H](C)CN[C@H](C)[C@H]2N(CCCCn3cc(-c4cccnn4)nn3)C(=O)O[C@]12C. The number of Topliss-reactive ketones (excluding diaryl/α,β-unsaturated/α-hetero) is 1. The van der Waals surface area contributed by atoms with Crippen molar-refractivity contribution in [3.63, 3.8) is 0 Å². The molecule has 18 heteroatoms. The van der Waals surface area contributed by atoms with Gasteiger partial charge in [-0.15, -0.1) is 10.2 Å². The second-order valence-electron chi connectivity index (χ2n) is 17.5. The Morgan fingerprint density at radius 2 is 1.78 bits per heavy atom. The number of cyclic esters (lactones) is 1. The van der Waals surface area contributed by atoms with Gasteiger partial charge in [0, 0.05) is 44.4 Å². The molecule has 5 rings (SSSR count). The van der Waals surface area contributed by atoms with Gasteiger partial charge in [-0.1, -0.05) is 26.0 Å². The fourth-order valence-corrected chi connectivity index (χ4v) is 9.18. The average Bonchev–Trinajstić information content (AvgIpc) is 3.78. The number of nitrogens with zero attached hydrogens (tertiary/aromatic N) is 7. The minimum absolute atomic E-state index is 0.115. The van der Waals surface area contributed by atoms with Crippen LogP contribution < -0.4 is 5.32 Å². The Morgan fingerprint density at radius 1 is 1.07 bits per heavy atom. The molecule has 1 amide bonds. The summed E-state index contributed by atoms with van der Waals surface area (Å²) in [6.07, 6.45) is 0.238. The van der Waals surface area contributed by atoms with Crippen LogP contribution in [0.4, 0.5) is 9.18 Å². The van der Waals surface area contributed by atoms with Crippen LogP contribution in [-0.2, 0) is 39.8 Å². The number of nitrogens with one attached hydrogen (secondary N) is 1. The van der Waals surface area contributed by atoms with Crippen LogP contribution in [-0.4, -0.2) is 158 Å². The number of fused-ring (bicyclic) bond motifs is 1. The number of aryl methyl sites for hydroxylation is 1. The molecule has 0 bridgehead atoms.